The summed E-state index contributed by atoms with van der Waals surface area (Å²) in [5, 5.41) is 15.9. The summed E-state index contributed by atoms with van der Waals surface area (Å²) in [5.41, 5.74) is 5.99. The monoisotopic (exact) mass is 549 g/mol. The van der Waals surface area contributed by atoms with E-state index in [1.54, 1.807) is 7.11 Å². The van der Waals surface area contributed by atoms with E-state index in [9.17, 15) is 4.79 Å². The molecule has 0 atom stereocenters. The summed E-state index contributed by atoms with van der Waals surface area (Å²) in [6.45, 7) is 9.54. The molecular formula is C32H47N5O3. The number of nitrogens with zero attached hydrogens (tertiary/aromatic N) is 4. The van der Waals surface area contributed by atoms with Crippen molar-refractivity contribution in [1.82, 2.24) is 19.7 Å². The van der Waals surface area contributed by atoms with Crippen molar-refractivity contribution in [2.75, 3.05) is 45.2 Å². The summed E-state index contributed by atoms with van der Waals surface area (Å²) in [4.78, 5) is 17.2. The van der Waals surface area contributed by atoms with Crippen LogP contribution in [0.1, 0.15) is 67.6 Å². The molecule has 4 heterocycles. The highest BCUT2D eigenvalue weighted by Crippen LogP contribution is 2.20. The van der Waals surface area contributed by atoms with Gasteiger partial charge in [-0.25, -0.2) is 9.67 Å². The number of anilines is 1. The number of hydrogen-bond acceptors (Lipinski definition) is 6. The maximum Gasteiger partial charge on any atom is 0.303 e. The number of para-hydroxylation sites is 1. The first-order valence-corrected chi connectivity index (χ1v) is 14.7. The molecule has 40 heavy (non-hydrogen) atoms. The average Bonchev–Trinajstić information content (AvgIpc) is 3.32. The summed E-state index contributed by atoms with van der Waals surface area (Å²) < 4.78 is 6.58. The number of carbonyl (C=O) groups is 1. The van der Waals surface area contributed by atoms with Crippen molar-refractivity contribution in [2.24, 2.45) is 0 Å². The quantitative estimate of drug-likeness (QED) is 0.324. The van der Waals surface area contributed by atoms with Crippen LogP contribution in [0.2, 0.25) is 0 Å². The van der Waals surface area contributed by atoms with Gasteiger partial charge in [0.05, 0.1) is 11.4 Å². The third-order valence-electron chi connectivity index (χ3n) is 7.06. The number of benzene rings is 1. The largest absolute Gasteiger partial charge is 0.481 e. The minimum Gasteiger partial charge on any atom is -0.481 e. The van der Waals surface area contributed by atoms with Crippen molar-refractivity contribution in [3.05, 3.63) is 71.2 Å². The molecule has 1 saturated heterocycles. The van der Waals surface area contributed by atoms with Crippen LogP contribution >= 0.6 is 0 Å². The Morgan fingerprint density at radius 3 is 2.48 bits per heavy atom. The lowest BCUT2D eigenvalue weighted by atomic mass is 10.1. The Balaban J connectivity index is 0.000000182. The van der Waals surface area contributed by atoms with Crippen molar-refractivity contribution in [1.29, 1.82) is 0 Å². The van der Waals surface area contributed by atoms with Gasteiger partial charge in [0.15, 0.2) is 0 Å². The van der Waals surface area contributed by atoms with Crippen molar-refractivity contribution >= 4 is 11.8 Å². The fraction of sp³-hybridized carbons (Fsp3) is 0.531. The SMILES string of the molecule is COCCCC(=O)O.Cc1cc(C)n(-c2ccccc2)n1.c1cc2c(nc1CCCN1CCCCC1)NCCC2. The predicted octanol–water partition coefficient (Wildman–Crippen LogP) is 5.84. The van der Waals surface area contributed by atoms with Gasteiger partial charge in [-0.2, -0.15) is 5.10 Å². The number of aryl methyl sites for hydroxylation is 4. The highest BCUT2D eigenvalue weighted by molar-refractivity contribution is 5.66. The first-order valence-electron chi connectivity index (χ1n) is 14.7. The molecule has 0 bridgehead atoms. The number of methoxy groups -OCH3 is 1. The van der Waals surface area contributed by atoms with Crippen LogP contribution in [0.3, 0.4) is 0 Å². The topological polar surface area (TPSA) is 92.5 Å². The number of carboxylic acids is 1. The number of carboxylic acid groups (broad SMARTS) is 1. The lowest BCUT2D eigenvalue weighted by Gasteiger charge is -2.26. The molecule has 2 N–H and O–H groups in total. The van der Waals surface area contributed by atoms with Crippen LogP contribution in [0.4, 0.5) is 5.82 Å². The molecule has 8 nitrogen and oxygen atoms in total. The third-order valence-corrected chi connectivity index (χ3v) is 7.06. The van der Waals surface area contributed by atoms with E-state index in [0.29, 0.717) is 13.0 Å². The molecule has 2 aromatic heterocycles. The molecule has 0 spiro atoms. The van der Waals surface area contributed by atoms with Crippen molar-refractivity contribution in [2.45, 2.75) is 71.6 Å². The molecule has 218 valence electrons. The van der Waals surface area contributed by atoms with E-state index >= 15 is 0 Å². The Hall–Kier alpha value is -3.23. The van der Waals surface area contributed by atoms with Crippen molar-refractivity contribution < 1.29 is 14.6 Å². The van der Waals surface area contributed by atoms with E-state index in [-0.39, 0.29) is 6.42 Å². The number of likely N-dealkylation sites (tertiary alicyclic amines) is 1. The third kappa shape index (κ3) is 11.1. The molecule has 2 aliphatic rings. The summed E-state index contributed by atoms with van der Waals surface area (Å²) >= 11 is 0. The minimum atomic E-state index is -0.762. The van der Waals surface area contributed by atoms with E-state index in [1.807, 2.05) is 29.8 Å². The van der Waals surface area contributed by atoms with Gasteiger partial charge in [0, 0.05) is 38.1 Å². The number of rotatable bonds is 9. The number of fused-ring (bicyclic) bond motifs is 1. The Labute approximate surface area is 239 Å². The van der Waals surface area contributed by atoms with Crippen LogP contribution in [0.25, 0.3) is 5.69 Å². The van der Waals surface area contributed by atoms with Crippen LogP contribution in [-0.2, 0) is 22.4 Å². The molecule has 1 aromatic carbocycles. The van der Waals surface area contributed by atoms with Crippen LogP contribution in [0, 0.1) is 13.8 Å². The summed E-state index contributed by atoms with van der Waals surface area (Å²) in [7, 11) is 1.56. The predicted molar refractivity (Wildman–Crippen MR) is 161 cm³/mol. The fourth-order valence-electron chi connectivity index (χ4n) is 5.00. The molecule has 0 aliphatic carbocycles. The van der Waals surface area contributed by atoms with Gasteiger partial charge in [-0.15, -0.1) is 0 Å². The van der Waals surface area contributed by atoms with Gasteiger partial charge < -0.3 is 20.1 Å². The molecule has 8 heteroatoms. The molecule has 0 saturated carbocycles. The molecule has 2 aliphatic heterocycles. The highest BCUT2D eigenvalue weighted by atomic mass is 16.5. The lowest BCUT2D eigenvalue weighted by Crippen LogP contribution is -2.30. The first-order chi connectivity index (χ1) is 19.5. The lowest BCUT2D eigenvalue weighted by molar-refractivity contribution is -0.137. The minimum absolute atomic E-state index is 0.202. The van der Waals surface area contributed by atoms with Crippen LogP contribution in [0.15, 0.2) is 48.5 Å². The molecule has 1 fully saturated rings. The van der Waals surface area contributed by atoms with Gasteiger partial charge >= 0.3 is 5.97 Å². The van der Waals surface area contributed by atoms with Gasteiger partial charge in [0.25, 0.3) is 0 Å². The summed E-state index contributed by atoms with van der Waals surface area (Å²) in [6.07, 6.45) is 9.79. The molecule has 3 aromatic rings. The zero-order chi connectivity index (χ0) is 28.6. The van der Waals surface area contributed by atoms with E-state index < -0.39 is 5.97 Å². The maximum absolute atomic E-state index is 9.82. The molecular weight excluding hydrogens is 502 g/mol. The molecule has 0 radical (unpaired) electrons. The highest BCUT2D eigenvalue weighted by Gasteiger charge is 2.12. The molecule has 5 rings (SSSR count). The van der Waals surface area contributed by atoms with Crippen molar-refractivity contribution in [3.63, 3.8) is 0 Å². The van der Waals surface area contributed by atoms with Gasteiger partial charge in [-0.1, -0.05) is 30.7 Å². The van der Waals surface area contributed by atoms with Gasteiger partial charge in [0.2, 0.25) is 0 Å². The normalized spacial score (nSPS) is 14.6. The number of piperidine rings is 1. The number of aromatic nitrogens is 3. The summed E-state index contributed by atoms with van der Waals surface area (Å²) in [5.74, 6) is 0.378. The second-order valence-corrected chi connectivity index (χ2v) is 10.5. The zero-order valence-electron chi connectivity index (χ0n) is 24.6. The van der Waals surface area contributed by atoms with E-state index in [0.717, 1.165) is 30.2 Å². The number of ether oxygens (including phenoxy) is 1. The van der Waals surface area contributed by atoms with Gasteiger partial charge in [-0.3, -0.25) is 4.79 Å². The standard InChI is InChI=1S/C16H25N3.C11H12N2.C5H10O3/c1-2-11-19(12-3-1)13-5-7-15-9-8-14-6-4-10-17-16(14)18-15;1-9-8-10(2)13(12-9)11-6-4-3-5-7-11;1-8-4-2-3-5(6)7/h8-9H,1-7,10-13H2,(H,17,18);3-8H,1-2H3;2-4H2,1H3,(H,6,7). The number of hydrogen-bond donors (Lipinski definition) is 2. The number of aliphatic carboxylic acids is 1. The maximum atomic E-state index is 9.82. The zero-order valence-corrected chi connectivity index (χ0v) is 24.6. The molecule has 0 amide bonds. The Morgan fingerprint density at radius 2 is 1.80 bits per heavy atom. The Bertz CT molecular complexity index is 1140. The van der Waals surface area contributed by atoms with E-state index in [2.05, 4.69) is 57.3 Å². The van der Waals surface area contributed by atoms with Gasteiger partial charge in [0.1, 0.15) is 5.82 Å². The fourth-order valence-corrected chi connectivity index (χ4v) is 5.00. The first kappa shape index (κ1) is 31.3. The summed E-state index contributed by atoms with van der Waals surface area (Å²) in [6, 6.07) is 16.7. The molecule has 0 unspecified atom stereocenters. The van der Waals surface area contributed by atoms with Crippen molar-refractivity contribution in [3.8, 4) is 5.69 Å². The smallest absolute Gasteiger partial charge is 0.303 e. The van der Waals surface area contributed by atoms with Crippen LogP contribution < -0.4 is 5.32 Å². The Kier molecular flexibility index (Phi) is 13.7. The average molecular weight is 550 g/mol. The van der Waals surface area contributed by atoms with E-state index in [1.165, 1.54) is 75.1 Å². The van der Waals surface area contributed by atoms with Crippen LogP contribution in [-0.4, -0.2) is 70.6 Å². The van der Waals surface area contributed by atoms with E-state index in [4.69, 9.17) is 10.1 Å². The number of nitrogens with one attached hydrogen (secondary N) is 1. The number of pyridine rings is 1. The second kappa shape index (κ2) is 17.5. The second-order valence-electron chi connectivity index (χ2n) is 10.5. The Morgan fingerprint density at radius 1 is 1.02 bits per heavy atom. The van der Waals surface area contributed by atoms with Gasteiger partial charge in [-0.05, 0) is 108 Å². The van der Waals surface area contributed by atoms with Crippen LogP contribution in [0.5, 0.6) is 0 Å².